The highest BCUT2D eigenvalue weighted by Gasteiger charge is 2.40. The number of carboxylic acids is 1. The Morgan fingerprint density at radius 3 is 2.53 bits per heavy atom. The van der Waals surface area contributed by atoms with Gasteiger partial charge in [-0.2, -0.15) is 13.2 Å². The third-order valence-electron chi connectivity index (χ3n) is 4.30. The molecule has 0 bridgehead atoms. The highest BCUT2D eigenvalue weighted by Crippen LogP contribution is 2.40. The molecule has 0 spiro atoms. The molecule has 0 fully saturated rings. The van der Waals surface area contributed by atoms with Crippen molar-refractivity contribution < 1.29 is 41.8 Å². The van der Waals surface area contributed by atoms with Gasteiger partial charge in [0, 0.05) is 11.6 Å². The number of para-hydroxylation sites is 1. The summed E-state index contributed by atoms with van der Waals surface area (Å²) in [6.45, 7) is -1.20. The summed E-state index contributed by atoms with van der Waals surface area (Å²) < 4.78 is 56.7. The van der Waals surface area contributed by atoms with Crippen LogP contribution < -0.4 is 20.2 Å². The van der Waals surface area contributed by atoms with E-state index in [4.69, 9.17) is 19.0 Å². The Labute approximate surface area is 178 Å². The quantitative estimate of drug-likeness (QED) is 0.567. The van der Waals surface area contributed by atoms with Crippen molar-refractivity contribution >= 4 is 22.8 Å². The largest absolute Gasteiger partial charge is 0.496 e. The average molecular weight is 451 g/mol. The van der Waals surface area contributed by atoms with E-state index in [1.54, 1.807) is 6.07 Å². The van der Waals surface area contributed by atoms with E-state index < -0.39 is 53.5 Å². The number of benzene rings is 2. The summed E-state index contributed by atoms with van der Waals surface area (Å²) >= 11 is 0. The number of methoxy groups -OCH3 is 1. The van der Waals surface area contributed by atoms with E-state index in [-0.39, 0.29) is 22.4 Å². The molecule has 2 N–H and O–H groups in total. The van der Waals surface area contributed by atoms with E-state index in [1.807, 2.05) is 0 Å². The maximum absolute atomic E-state index is 13.8. The number of halogens is 3. The standard InChI is InChI=1S/C21H16F3NO7/c1-30-14-5-3-2-4-12(14)18-19(29)13-7-6-11(31-10-16(26)25-9-17(27)28)8-15(13)32-20(18)21(22,23)24/h2-8H,9-10H2,1H3,(H,25,26)(H,27,28). The molecule has 0 saturated heterocycles. The van der Waals surface area contributed by atoms with Crippen LogP contribution in [0.4, 0.5) is 13.2 Å². The second kappa shape index (κ2) is 9.00. The maximum Gasteiger partial charge on any atom is 0.450 e. The fraction of sp³-hybridized carbons (Fsp3) is 0.190. The van der Waals surface area contributed by atoms with Gasteiger partial charge in [0.15, 0.2) is 6.61 Å². The number of carbonyl (C=O) groups excluding carboxylic acids is 1. The molecule has 2 aromatic carbocycles. The van der Waals surface area contributed by atoms with Crippen LogP contribution in [-0.2, 0) is 15.8 Å². The lowest BCUT2D eigenvalue weighted by Crippen LogP contribution is -2.33. The summed E-state index contributed by atoms with van der Waals surface area (Å²) in [5, 5.41) is 10.5. The molecule has 8 nitrogen and oxygen atoms in total. The first kappa shape index (κ1) is 22.7. The van der Waals surface area contributed by atoms with Crippen molar-refractivity contribution in [2.75, 3.05) is 20.3 Å². The molecule has 3 aromatic rings. The Morgan fingerprint density at radius 1 is 1.16 bits per heavy atom. The van der Waals surface area contributed by atoms with E-state index in [0.717, 1.165) is 6.07 Å². The monoisotopic (exact) mass is 451 g/mol. The predicted octanol–water partition coefficient (Wildman–Crippen LogP) is 3.07. The molecule has 0 saturated carbocycles. The van der Waals surface area contributed by atoms with Gasteiger partial charge in [-0.3, -0.25) is 14.4 Å². The van der Waals surface area contributed by atoms with Crippen LogP contribution in [0.15, 0.2) is 51.7 Å². The van der Waals surface area contributed by atoms with Crippen LogP contribution in [0.25, 0.3) is 22.1 Å². The van der Waals surface area contributed by atoms with Crippen LogP contribution in [0, 0.1) is 0 Å². The minimum Gasteiger partial charge on any atom is -0.496 e. The lowest BCUT2D eigenvalue weighted by molar-refractivity contribution is -0.152. The van der Waals surface area contributed by atoms with Gasteiger partial charge in [0.25, 0.3) is 5.91 Å². The Kier molecular flexibility index (Phi) is 6.37. The normalized spacial score (nSPS) is 11.2. The van der Waals surface area contributed by atoms with Crippen LogP contribution in [0.3, 0.4) is 0 Å². The molecule has 0 aliphatic heterocycles. The summed E-state index contributed by atoms with van der Waals surface area (Å²) in [4.78, 5) is 35.0. The molecular weight excluding hydrogens is 435 g/mol. The molecule has 0 radical (unpaired) electrons. The summed E-state index contributed by atoms with van der Waals surface area (Å²) in [5.74, 6) is -3.50. The van der Waals surface area contributed by atoms with Crippen molar-refractivity contribution in [1.29, 1.82) is 0 Å². The molecular formula is C21H16F3NO7. The maximum atomic E-state index is 13.8. The molecule has 1 aromatic heterocycles. The minimum atomic E-state index is -4.99. The lowest BCUT2D eigenvalue weighted by atomic mass is 10.0. The van der Waals surface area contributed by atoms with Gasteiger partial charge in [-0.1, -0.05) is 18.2 Å². The highest BCUT2D eigenvalue weighted by atomic mass is 19.4. The van der Waals surface area contributed by atoms with Gasteiger partial charge in [-0.25, -0.2) is 0 Å². The van der Waals surface area contributed by atoms with Crippen molar-refractivity contribution in [2.24, 2.45) is 0 Å². The van der Waals surface area contributed by atoms with Crippen molar-refractivity contribution in [1.82, 2.24) is 5.32 Å². The second-order valence-electron chi connectivity index (χ2n) is 6.45. The summed E-state index contributed by atoms with van der Waals surface area (Å²) in [5.41, 5.74) is -2.09. The number of alkyl halides is 3. The second-order valence-corrected chi connectivity index (χ2v) is 6.45. The van der Waals surface area contributed by atoms with Gasteiger partial charge in [0.05, 0.1) is 18.1 Å². The Hall–Kier alpha value is -4.02. The van der Waals surface area contributed by atoms with Gasteiger partial charge in [0.1, 0.15) is 23.6 Å². The van der Waals surface area contributed by atoms with Crippen molar-refractivity contribution in [3.05, 3.63) is 58.4 Å². The van der Waals surface area contributed by atoms with Gasteiger partial charge in [0.2, 0.25) is 11.2 Å². The van der Waals surface area contributed by atoms with Crippen LogP contribution in [0.5, 0.6) is 11.5 Å². The average Bonchev–Trinajstić information content (AvgIpc) is 2.75. The first-order valence-electron chi connectivity index (χ1n) is 9.04. The molecule has 1 heterocycles. The molecule has 3 rings (SSSR count). The number of carbonyl (C=O) groups is 2. The number of hydrogen-bond acceptors (Lipinski definition) is 6. The molecule has 0 atom stereocenters. The molecule has 1 amide bonds. The van der Waals surface area contributed by atoms with Crippen LogP contribution in [0.2, 0.25) is 0 Å². The van der Waals surface area contributed by atoms with Crippen LogP contribution in [-0.4, -0.2) is 37.2 Å². The number of nitrogens with one attached hydrogen (secondary N) is 1. The number of fused-ring (bicyclic) bond motifs is 1. The zero-order chi connectivity index (χ0) is 23.5. The molecule has 0 unspecified atom stereocenters. The zero-order valence-corrected chi connectivity index (χ0v) is 16.5. The van der Waals surface area contributed by atoms with Gasteiger partial charge in [-0.05, 0) is 18.2 Å². The first-order valence-corrected chi connectivity index (χ1v) is 9.04. The summed E-state index contributed by atoms with van der Waals surface area (Å²) in [6, 6.07) is 9.30. The van der Waals surface area contributed by atoms with Gasteiger partial charge >= 0.3 is 12.1 Å². The van der Waals surface area contributed by atoms with E-state index in [0.29, 0.717) is 0 Å². The van der Waals surface area contributed by atoms with E-state index in [9.17, 15) is 27.6 Å². The summed E-state index contributed by atoms with van der Waals surface area (Å²) in [6.07, 6.45) is -4.99. The van der Waals surface area contributed by atoms with Crippen LogP contribution in [0.1, 0.15) is 5.76 Å². The fourth-order valence-corrected chi connectivity index (χ4v) is 2.93. The van der Waals surface area contributed by atoms with E-state index >= 15 is 0 Å². The van der Waals surface area contributed by atoms with Gasteiger partial charge in [-0.15, -0.1) is 0 Å². The zero-order valence-electron chi connectivity index (χ0n) is 16.5. The summed E-state index contributed by atoms with van der Waals surface area (Å²) in [7, 11) is 1.27. The van der Waals surface area contributed by atoms with E-state index in [1.165, 1.54) is 37.4 Å². The Morgan fingerprint density at radius 2 is 1.88 bits per heavy atom. The molecule has 0 aliphatic carbocycles. The number of amides is 1. The van der Waals surface area contributed by atoms with E-state index in [2.05, 4.69) is 5.32 Å². The topological polar surface area (TPSA) is 115 Å². The molecule has 11 heteroatoms. The number of rotatable bonds is 7. The Balaban J connectivity index is 2.05. The number of ether oxygens (including phenoxy) is 2. The first-order chi connectivity index (χ1) is 15.1. The number of hydrogen-bond donors (Lipinski definition) is 2. The van der Waals surface area contributed by atoms with Crippen LogP contribution >= 0.6 is 0 Å². The predicted molar refractivity (Wildman–Crippen MR) is 106 cm³/mol. The highest BCUT2D eigenvalue weighted by molar-refractivity contribution is 5.86. The smallest absolute Gasteiger partial charge is 0.450 e. The Bertz CT molecular complexity index is 1230. The molecule has 0 aliphatic rings. The third-order valence-corrected chi connectivity index (χ3v) is 4.30. The lowest BCUT2D eigenvalue weighted by Gasteiger charge is -2.15. The van der Waals surface area contributed by atoms with Crippen molar-refractivity contribution in [3.8, 4) is 22.6 Å². The van der Waals surface area contributed by atoms with Gasteiger partial charge < -0.3 is 24.3 Å². The molecule has 32 heavy (non-hydrogen) atoms. The molecule has 168 valence electrons. The van der Waals surface area contributed by atoms with Crippen molar-refractivity contribution in [3.63, 3.8) is 0 Å². The third kappa shape index (κ3) is 4.82. The fourth-order valence-electron chi connectivity index (χ4n) is 2.93. The van der Waals surface area contributed by atoms with Crippen molar-refractivity contribution in [2.45, 2.75) is 6.18 Å². The SMILES string of the molecule is COc1ccccc1-c1c(C(F)(F)F)oc2cc(OCC(=O)NCC(=O)O)ccc2c1=O. The number of aliphatic carboxylic acids is 1. The minimum absolute atomic E-state index is 0.0516. The number of carboxylic acid groups (broad SMARTS) is 1.